The first-order chi connectivity index (χ1) is 9.68. The van der Waals surface area contributed by atoms with E-state index in [1.54, 1.807) is 18.4 Å². The van der Waals surface area contributed by atoms with Crippen molar-refractivity contribution in [2.75, 3.05) is 13.7 Å². The molecule has 3 nitrogen and oxygen atoms in total. The summed E-state index contributed by atoms with van der Waals surface area (Å²) in [6, 6.07) is 0.416. The van der Waals surface area contributed by atoms with Crippen molar-refractivity contribution >= 4 is 11.3 Å². The summed E-state index contributed by atoms with van der Waals surface area (Å²) in [7, 11) is 1.79. The molecule has 0 aliphatic heterocycles. The molecule has 0 radical (unpaired) electrons. The zero-order chi connectivity index (χ0) is 16.1. The Morgan fingerprint density at radius 3 is 2.43 bits per heavy atom. The van der Waals surface area contributed by atoms with Crippen LogP contribution in [0.4, 0.5) is 0 Å². The fourth-order valence-corrected chi connectivity index (χ4v) is 3.30. The third kappa shape index (κ3) is 6.45. The number of methoxy groups -OCH3 is 1. The highest BCUT2D eigenvalue weighted by molar-refractivity contribution is 7.09. The molecular formula is C17H32N2OS. The maximum atomic E-state index is 5.59. The lowest BCUT2D eigenvalue weighted by atomic mass is 9.93. The number of rotatable bonds is 8. The largest absolute Gasteiger partial charge is 0.379 e. The van der Waals surface area contributed by atoms with Crippen LogP contribution in [0.3, 0.4) is 0 Å². The summed E-state index contributed by atoms with van der Waals surface area (Å²) >= 11 is 1.78. The van der Waals surface area contributed by atoms with E-state index in [0.717, 1.165) is 25.8 Å². The average molecular weight is 313 g/mol. The van der Waals surface area contributed by atoms with E-state index >= 15 is 0 Å². The lowest BCUT2D eigenvalue weighted by Gasteiger charge is -2.29. The molecule has 0 aromatic carbocycles. The number of hydrogen-bond donors (Lipinski definition) is 1. The average Bonchev–Trinajstić information content (AvgIpc) is 2.84. The van der Waals surface area contributed by atoms with Gasteiger partial charge < -0.3 is 10.1 Å². The summed E-state index contributed by atoms with van der Waals surface area (Å²) in [5.74, 6) is 0. The molecule has 0 aliphatic rings. The van der Waals surface area contributed by atoms with Crippen molar-refractivity contribution in [3.8, 4) is 0 Å². The van der Waals surface area contributed by atoms with Gasteiger partial charge in [-0.15, -0.1) is 11.3 Å². The minimum absolute atomic E-state index is 0.102. The number of aromatic nitrogens is 1. The number of ether oxygens (including phenoxy) is 1. The van der Waals surface area contributed by atoms with Crippen LogP contribution in [0.2, 0.25) is 0 Å². The van der Waals surface area contributed by atoms with Crippen LogP contribution < -0.4 is 5.32 Å². The molecule has 122 valence electrons. The van der Waals surface area contributed by atoms with Gasteiger partial charge in [0.25, 0.3) is 0 Å². The van der Waals surface area contributed by atoms with Gasteiger partial charge in [0.1, 0.15) is 0 Å². The van der Waals surface area contributed by atoms with E-state index in [2.05, 4.69) is 52.2 Å². The van der Waals surface area contributed by atoms with E-state index in [4.69, 9.17) is 9.72 Å². The smallest absolute Gasteiger partial charge is 0.0944 e. The number of hydrogen-bond acceptors (Lipinski definition) is 4. The van der Waals surface area contributed by atoms with E-state index in [0.29, 0.717) is 6.04 Å². The Labute approximate surface area is 134 Å². The molecular weight excluding hydrogens is 280 g/mol. The summed E-state index contributed by atoms with van der Waals surface area (Å²) in [4.78, 5) is 4.82. The predicted octanol–water partition coefficient (Wildman–Crippen LogP) is 4.17. The molecule has 0 saturated carbocycles. The third-order valence-electron chi connectivity index (χ3n) is 3.71. The van der Waals surface area contributed by atoms with E-state index in [1.165, 1.54) is 10.7 Å². The van der Waals surface area contributed by atoms with E-state index < -0.39 is 0 Å². The molecule has 0 aliphatic carbocycles. The molecule has 0 bridgehead atoms. The zero-order valence-electron chi connectivity index (χ0n) is 14.7. The molecule has 1 N–H and O–H groups in total. The maximum Gasteiger partial charge on any atom is 0.0944 e. The molecule has 4 heteroatoms. The Bertz CT molecular complexity index is 421. The molecule has 0 fully saturated rings. The Morgan fingerprint density at radius 1 is 1.29 bits per heavy atom. The molecule has 1 rings (SSSR count). The summed E-state index contributed by atoms with van der Waals surface area (Å²) in [5.41, 5.74) is 1.23. The molecule has 1 heterocycles. The third-order valence-corrected chi connectivity index (χ3v) is 4.59. The van der Waals surface area contributed by atoms with Crippen LogP contribution in [-0.4, -0.2) is 30.3 Å². The van der Waals surface area contributed by atoms with Crippen LogP contribution in [0, 0.1) is 0 Å². The van der Waals surface area contributed by atoms with Crippen LogP contribution in [0.25, 0.3) is 0 Å². The normalized spacial score (nSPS) is 14.4. The molecule has 1 unspecified atom stereocenters. The summed E-state index contributed by atoms with van der Waals surface area (Å²) < 4.78 is 5.59. The van der Waals surface area contributed by atoms with Gasteiger partial charge in [-0.25, -0.2) is 4.98 Å². The number of nitrogens with one attached hydrogen (secondary N) is 1. The van der Waals surface area contributed by atoms with Gasteiger partial charge in [0.05, 0.1) is 16.3 Å². The fraction of sp³-hybridized carbons (Fsp3) is 0.824. The molecule has 1 aromatic heterocycles. The maximum absolute atomic E-state index is 5.59. The molecule has 0 spiro atoms. The summed E-state index contributed by atoms with van der Waals surface area (Å²) in [6.45, 7) is 14.2. The van der Waals surface area contributed by atoms with Crippen LogP contribution in [-0.2, 0) is 16.6 Å². The highest BCUT2D eigenvalue weighted by atomic mass is 32.1. The van der Waals surface area contributed by atoms with Crippen LogP contribution >= 0.6 is 11.3 Å². The number of nitrogens with zero attached hydrogens (tertiary/aromatic N) is 1. The Kier molecular flexibility index (Phi) is 6.82. The zero-order valence-corrected chi connectivity index (χ0v) is 15.6. The topological polar surface area (TPSA) is 34.2 Å². The predicted molar refractivity (Wildman–Crippen MR) is 92.3 cm³/mol. The van der Waals surface area contributed by atoms with Gasteiger partial charge in [-0.2, -0.15) is 0 Å². The van der Waals surface area contributed by atoms with Gasteiger partial charge in [0, 0.05) is 30.4 Å². The van der Waals surface area contributed by atoms with Crippen LogP contribution in [0.5, 0.6) is 0 Å². The Morgan fingerprint density at radius 2 is 1.95 bits per heavy atom. The van der Waals surface area contributed by atoms with Gasteiger partial charge in [0.2, 0.25) is 0 Å². The van der Waals surface area contributed by atoms with E-state index in [9.17, 15) is 0 Å². The molecule has 21 heavy (non-hydrogen) atoms. The Balaban J connectivity index is 2.74. The van der Waals surface area contributed by atoms with E-state index in [1.807, 2.05) is 0 Å². The highest BCUT2D eigenvalue weighted by Gasteiger charge is 2.24. The van der Waals surface area contributed by atoms with Gasteiger partial charge >= 0.3 is 0 Å². The fourth-order valence-electron chi connectivity index (χ4n) is 2.20. The van der Waals surface area contributed by atoms with Crippen molar-refractivity contribution in [3.05, 3.63) is 16.1 Å². The van der Waals surface area contributed by atoms with Gasteiger partial charge in [-0.1, -0.05) is 27.7 Å². The molecule has 0 amide bonds. The minimum atomic E-state index is -0.102. The van der Waals surface area contributed by atoms with Crippen molar-refractivity contribution in [2.45, 2.75) is 77.9 Å². The van der Waals surface area contributed by atoms with Gasteiger partial charge in [0.15, 0.2) is 0 Å². The first-order valence-corrected chi connectivity index (χ1v) is 8.79. The van der Waals surface area contributed by atoms with Crippen LogP contribution in [0.15, 0.2) is 5.38 Å². The van der Waals surface area contributed by atoms with Gasteiger partial charge in [-0.05, 0) is 33.2 Å². The molecule has 1 atom stereocenters. The van der Waals surface area contributed by atoms with E-state index in [-0.39, 0.29) is 11.0 Å². The molecule has 0 saturated heterocycles. The quantitative estimate of drug-likeness (QED) is 0.782. The highest BCUT2D eigenvalue weighted by Crippen LogP contribution is 2.25. The lowest BCUT2D eigenvalue weighted by Crippen LogP contribution is -2.39. The van der Waals surface area contributed by atoms with Crippen molar-refractivity contribution in [1.82, 2.24) is 10.3 Å². The first kappa shape index (κ1) is 18.6. The van der Waals surface area contributed by atoms with Crippen LogP contribution in [0.1, 0.15) is 65.1 Å². The number of thiazole rings is 1. The summed E-state index contributed by atoms with van der Waals surface area (Å²) in [5, 5.41) is 7.07. The second-order valence-corrected chi connectivity index (χ2v) is 8.34. The minimum Gasteiger partial charge on any atom is -0.379 e. The summed E-state index contributed by atoms with van der Waals surface area (Å²) in [6.07, 6.45) is 3.12. The van der Waals surface area contributed by atoms with Crippen molar-refractivity contribution in [2.24, 2.45) is 0 Å². The van der Waals surface area contributed by atoms with Crippen molar-refractivity contribution < 1.29 is 4.74 Å². The Hall–Kier alpha value is -0.450. The monoisotopic (exact) mass is 312 g/mol. The standard InChI is InChI=1S/C17H32N2OS/c1-8-9-18-13(11-17(5,6)20-7)10-15-19-14(12-21-15)16(2,3)4/h12-13,18H,8-11H2,1-7H3. The van der Waals surface area contributed by atoms with Crippen molar-refractivity contribution in [3.63, 3.8) is 0 Å². The lowest BCUT2D eigenvalue weighted by molar-refractivity contribution is 0.00713. The second kappa shape index (κ2) is 7.70. The molecule has 1 aromatic rings. The van der Waals surface area contributed by atoms with Gasteiger partial charge in [-0.3, -0.25) is 0 Å². The van der Waals surface area contributed by atoms with Crippen molar-refractivity contribution in [1.29, 1.82) is 0 Å². The SMILES string of the molecule is CCCNC(Cc1nc(C(C)(C)C)cs1)CC(C)(C)OC. The first-order valence-electron chi connectivity index (χ1n) is 7.91. The second-order valence-electron chi connectivity index (χ2n) is 7.40.